The molecule has 0 aliphatic heterocycles. The van der Waals surface area contributed by atoms with Gasteiger partial charge in [0.1, 0.15) is 26.3 Å². The molecule has 0 fully saturated rings. The summed E-state index contributed by atoms with van der Waals surface area (Å²) in [5.41, 5.74) is 0.860. The normalized spacial score (nSPS) is 11.0. The van der Waals surface area contributed by atoms with E-state index in [1.54, 1.807) is 24.3 Å². The number of hydrogen-bond donors (Lipinski definition) is 0. The van der Waals surface area contributed by atoms with E-state index >= 15 is 0 Å². The molecule has 0 saturated heterocycles. The number of nitrogens with zero attached hydrogens (tertiary/aromatic N) is 2. The second kappa shape index (κ2) is 12.1. The Morgan fingerprint density at radius 3 is 1.19 bits per heavy atom. The van der Waals surface area contributed by atoms with E-state index < -0.39 is 0 Å². The molecule has 0 spiro atoms. The molecule has 0 N–H and O–H groups in total. The first-order valence-electron chi connectivity index (χ1n) is 8.03. The third kappa shape index (κ3) is 12.0. The first-order chi connectivity index (χ1) is 11.0. The van der Waals surface area contributed by atoms with Crippen molar-refractivity contribution in [3.63, 3.8) is 0 Å². The summed E-state index contributed by atoms with van der Waals surface area (Å²) in [6.07, 6.45) is 0. The van der Waals surface area contributed by atoms with E-state index in [0.717, 1.165) is 22.1 Å². The lowest BCUT2D eigenvalue weighted by Crippen LogP contribution is -3.00. The zero-order chi connectivity index (χ0) is 18.4. The van der Waals surface area contributed by atoms with Gasteiger partial charge in [-0.15, -0.1) is 0 Å². The SMILES string of the molecule is C[N+](C)(C)CCOC(=O)c1ccc(C(=O)OCC[N+](C)(C)C)cc1.[I-].[I-]. The van der Waals surface area contributed by atoms with E-state index in [-0.39, 0.29) is 59.9 Å². The summed E-state index contributed by atoms with van der Waals surface area (Å²) in [5, 5.41) is 0. The van der Waals surface area contributed by atoms with Gasteiger partial charge < -0.3 is 66.4 Å². The molecule has 0 aromatic heterocycles. The van der Waals surface area contributed by atoms with Crippen LogP contribution in [0.4, 0.5) is 0 Å². The molecule has 0 radical (unpaired) electrons. The van der Waals surface area contributed by atoms with Crippen molar-refractivity contribution in [2.24, 2.45) is 0 Å². The van der Waals surface area contributed by atoms with Crippen LogP contribution in [0.25, 0.3) is 0 Å². The minimum atomic E-state index is -0.381. The maximum absolute atomic E-state index is 11.9. The molecule has 1 rings (SSSR count). The zero-order valence-electron chi connectivity index (χ0n) is 16.4. The van der Waals surface area contributed by atoms with E-state index in [1.165, 1.54) is 0 Å². The van der Waals surface area contributed by atoms with E-state index in [9.17, 15) is 9.59 Å². The van der Waals surface area contributed by atoms with Gasteiger partial charge >= 0.3 is 11.9 Å². The highest BCUT2D eigenvalue weighted by Crippen LogP contribution is 2.08. The third-order valence-electron chi connectivity index (χ3n) is 3.35. The van der Waals surface area contributed by atoms with Gasteiger partial charge in [-0.25, -0.2) is 9.59 Å². The minimum Gasteiger partial charge on any atom is -1.00 e. The van der Waals surface area contributed by atoms with Crippen LogP contribution in [-0.2, 0) is 9.47 Å². The Morgan fingerprint density at radius 1 is 0.692 bits per heavy atom. The van der Waals surface area contributed by atoms with E-state index in [1.807, 2.05) is 42.3 Å². The number of likely N-dealkylation sites (N-methyl/N-ethyl adjacent to an activating group) is 2. The molecular weight excluding hydrogens is 562 g/mol. The maximum atomic E-state index is 11.9. The summed E-state index contributed by atoms with van der Waals surface area (Å²) >= 11 is 0. The number of carbonyl (C=O) groups excluding carboxylic acids is 2. The molecule has 1 aromatic carbocycles. The third-order valence-corrected chi connectivity index (χ3v) is 3.35. The van der Waals surface area contributed by atoms with Crippen molar-refractivity contribution < 1.29 is 76.0 Å². The maximum Gasteiger partial charge on any atom is 0.338 e. The van der Waals surface area contributed by atoms with Gasteiger partial charge in [0.2, 0.25) is 0 Å². The Kier molecular flexibility index (Phi) is 12.9. The minimum absolute atomic E-state index is 0. The molecule has 0 aliphatic carbocycles. The van der Waals surface area contributed by atoms with E-state index in [2.05, 4.69) is 0 Å². The number of benzene rings is 1. The van der Waals surface area contributed by atoms with Crippen LogP contribution in [-0.4, -0.2) is 89.5 Å². The highest BCUT2D eigenvalue weighted by molar-refractivity contribution is 5.93. The van der Waals surface area contributed by atoms with Gasteiger partial charge in [-0.05, 0) is 24.3 Å². The zero-order valence-corrected chi connectivity index (χ0v) is 20.7. The Hall–Kier alpha value is -0.460. The van der Waals surface area contributed by atoms with E-state index in [4.69, 9.17) is 9.47 Å². The second-order valence-corrected chi connectivity index (χ2v) is 7.88. The Morgan fingerprint density at radius 2 is 0.962 bits per heavy atom. The van der Waals surface area contributed by atoms with Crippen molar-refractivity contribution in [1.82, 2.24) is 0 Å². The predicted molar refractivity (Wildman–Crippen MR) is 92.8 cm³/mol. The molecule has 1 aromatic rings. The summed E-state index contributed by atoms with van der Waals surface area (Å²) in [4.78, 5) is 23.9. The van der Waals surface area contributed by atoms with Crippen molar-refractivity contribution in [2.45, 2.75) is 0 Å². The molecule has 0 bridgehead atoms. The Balaban J connectivity index is 0. The van der Waals surface area contributed by atoms with Gasteiger partial charge in [0.05, 0.1) is 53.4 Å². The summed E-state index contributed by atoms with van der Waals surface area (Å²) < 4.78 is 11.9. The van der Waals surface area contributed by atoms with Gasteiger partial charge in [-0.2, -0.15) is 0 Å². The fraction of sp³-hybridized carbons (Fsp3) is 0.556. The molecule has 0 unspecified atom stereocenters. The number of carbonyl (C=O) groups is 2. The predicted octanol–water partition coefficient (Wildman–Crippen LogP) is -4.58. The largest absolute Gasteiger partial charge is 1.00 e. The van der Waals surface area contributed by atoms with Crippen LogP contribution >= 0.6 is 0 Å². The van der Waals surface area contributed by atoms with Gasteiger partial charge in [0.25, 0.3) is 0 Å². The topological polar surface area (TPSA) is 52.6 Å². The number of esters is 2. The van der Waals surface area contributed by atoms with Crippen LogP contribution in [0, 0.1) is 0 Å². The standard InChI is InChI=1S/C18H30N2O4.2HI/c1-19(2,3)11-13-23-17(21)15-7-9-16(10-8-15)18(22)24-14-12-20(4,5)6;;/h7-10H,11-14H2,1-6H3;2*1H/q+2;;/p-2. The van der Waals surface area contributed by atoms with Gasteiger partial charge in [-0.1, -0.05) is 0 Å². The molecule has 6 nitrogen and oxygen atoms in total. The second-order valence-electron chi connectivity index (χ2n) is 7.88. The van der Waals surface area contributed by atoms with Crippen LogP contribution in [0.1, 0.15) is 20.7 Å². The molecule has 0 amide bonds. The van der Waals surface area contributed by atoms with Crippen LogP contribution in [0.3, 0.4) is 0 Å². The molecule has 0 heterocycles. The molecule has 0 aliphatic rings. The first kappa shape index (κ1) is 27.8. The monoisotopic (exact) mass is 592 g/mol. The van der Waals surface area contributed by atoms with Crippen LogP contribution in [0.15, 0.2) is 24.3 Å². The molecule has 0 saturated carbocycles. The number of ether oxygens (including phenoxy) is 2. The van der Waals surface area contributed by atoms with Crippen LogP contribution in [0.5, 0.6) is 0 Å². The lowest BCUT2D eigenvalue weighted by molar-refractivity contribution is -0.870. The highest BCUT2D eigenvalue weighted by atomic mass is 127. The fourth-order valence-electron chi connectivity index (χ4n) is 1.73. The lowest BCUT2D eigenvalue weighted by atomic mass is 10.1. The smallest absolute Gasteiger partial charge is 0.338 e. The summed E-state index contributed by atoms with van der Waals surface area (Å²) in [6, 6.07) is 6.35. The Bertz CT molecular complexity index is 513. The number of hydrogen-bond acceptors (Lipinski definition) is 4. The highest BCUT2D eigenvalue weighted by Gasteiger charge is 2.14. The summed E-state index contributed by atoms with van der Waals surface area (Å²) in [5.74, 6) is -0.762. The first-order valence-corrected chi connectivity index (χ1v) is 8.03. The van der Waals surface area contributed by atoms with Gasteiger partial charge in [-0.3, -0.25) is 0 Å². The van der Waals surface area contributed by atoms with Crippen molar-refractivity contribution in [2.75, 3.05) is 68.6 Å². The van der Waals surface area contributed by atoms with Gasteiger partial charge in [0.15, 0.2) is 0 Å². The van der Waals surface area contributed by atoms with Crippen LogP contribution < -0.4 is 48.0 Å². The summed E-state index contributed by atoms with van der Waals surface area (Å²) in [7, 11) is 12.2. The molecule has 150 valence electrons. The van der Waals surface area contributed by atoms with Crippen LogP contribution in [0.2, 0.25) is 0 Å². The quantitative estimate of drug-likeness (QED) is 0.174. The van der Waals surface area contributed by atoms with E-state index in [0.29, 0.717) is 24.3 Å². The van der Waals surface area contributed by atoms with Crippen molar-refractivity contribution in [3.05, 3.63) is 35.4 Å². The molecular formula is C18H30I2N2O4. The number of rotatable bonds is 8. The molecule has 8 heteroatoms. The number of halogens is 2. The average Bonchev–Trinajstić information content (AvgIpc) is 2.44. The number of quaternary nitrogens is 2. The van der Waals surface area contributed by atoms with Gasteiger partial charge in [0, 0.05) is 0 Å². The van der Waals surface area contributed by atoms with Crippen molar-refractivity contribution >= 4 is 11.9 Å². The van der Waals surface area contributed by atoms with Crippen molar-refractivity contribution in [3.8, 4) is 0 Å². The Labute approximate surface area is 191 Å². The fourth-order valence-corrected chi connectivity index (χ4v) is 1.73. The molecule has 0 atom stereocenters. The van der Waals surface area contributed by atoms with Crippen molar-refractivity contribution in [1.29, 1.82) is 0 Å². The lowest BCUT2D eigenvalue weighted by Gasteiger charge is -2.23. The molecule has 26 heavy (non-hydrogen) atoms. The summed E-state index contributed by atoms with van der Waals surface area (Å²) in [6.45, 7) is 2.19. The average molecular weight is 592 g/mol.